The lowest BCUT2D eigenvalue weighted by atomic mass is 9.85. The van der Waals surface area contributed by atoms with Crippen molar-refractivity contribution in [2.45, 2.75) is 31.7 Å². The molecule has 1 aliphatic rings. The van der Waals surface area contributed by atoms with E-state index in [1.54, 1.807) is 30.1 Å². The van der Waals surface area contributed by atoms with E-state index < -0.39 is 0 Å². The van der Waals surface area contributed by atoms with E-state index in [1.165, 1.54) is 6.07 Å². The summed E-state index contributed by atoms with van der Waals surface area (Å²) in [4.78, 5) is 33.0. The summed E-state index contributed by atoms with van der Waals surface area (Å²) in [6, 6.07) is 12.8. The highest BCUT2D eigenvalue weighted by Crippen LogP contribution is 2.29. The third kappa shape index (κ3) is 4.77. The second-order valence-corrected chi connectivity index (χ2v) is 8.06. The molecule has 1 amide bonds. The molecule has 1 aromatic carbocycles. The zero-order chi connectivity index (χ0) is 21.8. The molecule has 0 aliphatic heterocycles. The lowest BCUT2D eigenvalue weighted by Gasteiger charge is -2.28. The molecule has 0 unspecified atom stereocenters. The fraction of sp³-hybridized carbons (Fsp3) is 0.304. The van der Waals surface area contributed by atoms with Gasteiger partial charge in [-0.25, -0.2) is 9.97 Å². The molecule has 0 radical (unpaired) electrons. The molecule has 2 aromatic heterocycles. The lowest BCUT2D eigenvalue weighted by Crippen LogP contribution is -2.34. The maximum absolute atomic E-state index is 12.2. The SMILES string of the molecule is CNC(=O)C1CCC(Nc2ncc(Cl)c(-c3cccc(-n4ccccc4=O)c3)n2)CC1. The Morgan fingerprint density at radius 3 is 2.68 bits per heavy atom. The molecule has 2 N–H and O–H groups in total. The van der Waals surface area contributed by atoms with Crippen LogP contribution in [0.25, 0.3) is 16.9 Å². The Morgan fingerprint density at radius 1 is 1.13 bits per heavy atom. The quantitative estimate of drug-likeness (QED) is 0.635. The van der Waals surface area contributed by atoms with Crippen molar-refractivity contribution >= 4 is 23.5 Å². The summed E-state index contributed by atoms with van der Waals surface area (Å²) in [6.45, 7) is 0. The van der Waals surface area contributed by atoms with Crippen LogP contribution in [0.5, 0.6) is 0 Å². The van der Waals surface area contributed by atoms with Gasteiger partial charge in [0, 0.05) is 42.5 Å². The zero-order valence-corrected chi connectivity index (χ0v) is 18.0. The van der Waals surface area contributed by atoms with Crippen LogP contribution >= 0.6 is 11.6 Å². The summed E-state index contributed by atoms with van der Waals surface area (Å²) in [5, 5.41) is 6.55. The summed E-state index contributed by atoms with van der Waals surface area (Å²) in [6.07, 6.45) is 6.75. The van der Waals surface area contributed by atoms with E-state index in [0.717, 1.165) is 36.9 Å². The summed E-state index contributed by atoms with van der Waals surface area (Å²) in [7, 11) is 1.68. The van der Waals surface area contributed by atoms with Gasteiger partial charge in [0.25, 0.3) is 5.56 Å². The summed E-state index contributed by atoms with van der Waals surface area (Å²) in [5.74, 6) is 0.694. The number of amides is 1. The van der Waals surface area contributed by atoms with Crippen molar-refractivity contribution in [3.8, 4) is 16.9 Å². The topological polar surface area (TPSA) is 88.9 Å². The van der Waals surface area contributed by atoms with Gasteiger partial charge >= 0.3 is 0 Å². The van der Waals surface area contributed by atoms with E-state index in [0.29, 0.717) is 16.7 Å². The van der Waals surface area contributed by atoms with E-state index in [-0.39, 0.29) is 23.4 Å². The Hall–Kier alpha value is -3.19. The first kappa shape index (κ1) is 21.1. The van der Waals surface area contributed by atoms with Crippen LogP contribution in [0, 0.1) is 5.92 Å². The van der Waals surface area contributed by atoms with Crippen LogP contribution in [0.15, 0.2) is 59.7 Å². The number of hydrogen-bond acceptors (Lipinski definition) is 5. The van der Waals surface area contributed by atoms with Crippen LogP contribution in [0.3, 0.4) is 0 Å². The number of carbonyl (C=O) groups is 1. The Balaban J connectivity index is 1.54. The molecule has 0 saturated heterocycles. The molecule has 2 heterocycles. The molecule has 3 aromatic rings. The first-order chi connectivity index (χ1) is 15.0. The number of nitrogens with one attached hydrogen (secondary N) is 2. The molecule has 160 valence electrons. The molecule has 1 fully saturated rings. The highest BCUT2D eigenvalue weighted by atomic mass is 35.5. The van der Waals surface area contributed by atoms with E-state index in [2.05, 4.69) is 20.6 Å². The van der Waals surface area contributed by atoms with Gasteiger partial charge in [-0.1, -0.05) is 29.8 Å². The molecule has 1 aliphatic carbocycles. The van der Waals surface area contributed by atoms with E-state index in [9.17, 15) is 9.59 Å². The predicted molar refractivity (Wildman–Crippen MR) is 122 cm³/mol. The van der Waals surface area contributed by atoms with Gasteiger partial charge < -0.3 is 10.6 Å². The Kier molecular flexibility index (Phi) is 6.32. The van der Waals surface area contributed by atoms with Crippen LogP contribution in [0.4, 0.5) is 5.95 Å². The number of pyridine rings is 1. The average molecular weight is 438 g/mol. The van der Waals surface area contributed by atoms with Gasteiger partial charge in [-0.05, 0) is 43.9 Å². The van der Waals surface area contributed by atoms with Gasteiger partial charge in [-0.15, -0.1) is 0 Å². The average Bonchev–Trinajstić information content (AvgIpc) is 2.80. The number of hydrogen-bond donors (Lipinski definition) is 2. The van der Waals surface area contributed by atoms with Gasteiger partial charge in [0.05, 0.1) is 16.9 Å². The minimum absolute atomic E-state index is 0.0777. The van der Waals surface area contributed by atoms with Crippen LogP contribution in [0.2, 0.25) is 5.02 Å². The minimum Gasteiger partial charge on any atom is -0.359 e. The van der Waals surface area contributed by atoms with Gasteiger partial charge in [-0.2, -0.15) is 0 Å². The molecule has 0 atom stereocenters. The molecule has 4 rings (SSSR count). The fourth-order valence-corrected chi connectivity index (χ4v) is 4.17. The molecule has 0 spiro atoms. The Labute approximate surface area is 185 Å². The van der Waals surface area contributed by atoms with Crippen molar-refractivity contribution in [1.29, 1.82) is 0 Å². The summed E-state index contributed by atoms with van der Waals surface area (Å²) < 4.78 is 1.57. The lowest BCUT2D eigenvalue weighted by molar-refractivity contribution is -0.125. The summed E-state index contributed by atoms with van der Waals surface area (Å²) >= 11 is 6.41. The third-order valence-corrected chi connectivity index (χ3v) is 5.92. The zero-order valence-electron chi connectivity index (χ0n) is 17.2. The molecule has 1 saturated carbocycles. The summed E-state index contributed by atoms with van der Waals surface area (Å²) in [5.41, 5.74) is 2.03. The van der Waals surface area contributed by atoms with Gasteiger partial charge in [0.2, 0.25) is 11.9 Å². The Bertz CT molecular complexity index is 1140. The highest BCUT2D eigenvalue weighted by Gasteiger charge is 2.26. The van der Waals surface area contributed by atoms with Gasteiger partial charge in [0.1, 0.15) is 0 Å². The normalized spacial score (nSPS) is 18.4. The van der Waals surface area contributed by atoms with Crippen LogP contribution in [0.1, 0.15) is 25.7 Å². The second kappa shape index (κ2) is 9.31. The molecule has 31 heavy (non-hydrogen) atoms. The maximum Gasteiger partial charge on any atom is 0.255 e. The minimum atomic E-state index is -0.108. The monoisotopic (exact) mass is 437 g/mol. The third-order valence-electron chi connectivity index (χ3n) is 5.64. The van der Waals surface area contributed by atoms with Crippen LogP contribution in [-0.2, 0) is 4.79 Å². The van der Waals surface area contributed by atoms with Crippen molar-refractivity contribution in [1.82, 2.24) is 19.9 Å². The predicted octanol–water partition coefficient (Wildman–Crippen LogP) is 3.66. The number of aromatic nitrogens is 3. The van der Waals surface area contributed by atoms with Crippen molar-refractivity contribution in [2.75, 3.05) is 12.4 Å². The molecule has 8 heteroatoms. The van der Waals surface area contributed by atoms with Crippen LogP contribution in [-0.4, -0.2) is 33.5 Å². The number of anilines is 1. The van der Waals surface area contributed by atoms with Crippen molar-refractivity contribution in [3.05, 3.63) is 70.2 Å². The van der Waals surface area contributed by atoms with Crippen molar-refractivity contribution < 1.29 is 4.79 Å². The van der Waals surface area contributed by atoms with Gasteiger partial charge in [0.15, 0.2) is 0 Å². The van der Waals surface area contributed by atoms with Crippen molar-refractivity contribution in [2.24, 2.45) is 5.92 Å². The first-order valence-corrected chi connectivity index (χ1v) is 10.7. The smallest absolute Gasteiger partial charge is 0.255 e. The second-order valence-electron chi connectivity index (χ2n) is 7.66. The Morgan fingerprint density at radius 2 is 1.94 bits per heavy atom. The van der Waals surface area contributed by atoms with E-state index in [1.807, 2.05) is 30.3 Å². The van der Waals surface area contributed by atoms with Crippen LogP contribution < -0.4 is 16.2 Å². The largest absolute Gasteiger partial charge is 0.359 e. The highest BCUT2D eigenvalue weighted by molar-refractivity contribution is 6.32. The number of halogens is 1. The number of nitrogens with zero attached hydrogens (tertiary/aromatic N) is 3. The van der Waals surface area contributed by atoms with E-state index >= 15 is 0 Å². The standard InChI is InChI=1S/C23H24ClN5O2/c1-25-22(31)15-8-10-17(11-9-15)27-23-26-14-19(24)21(28-23)16-5-4-6-18(13-16)29-12-3-2-7-20(29)30/h2-7,12-15,17H,8-11H2,1H3,(H,25,31)(H,26,27,28). The van der Waals surface area contributed by atoms with Crippen molar-refractivity contribution in [3.63, 3.8) is 0 Å². The molecule has 0 bridgehead atoms. The number of rotatable bonds is 5. The maximum atomic E-state index is 12.2. The number of benzene rings is 1. The first-order valence-electron chi connectivity index (χ1n) is 10.3. The van der Waals surface area contributed by atoms with Gasteiger partial charge in [-0.3, -0.25) is 14.2 Å². The molecule has 7 nitrogen and oxygen atoms in total. The number of carbonyl (C=O) groups excluding carboxylic acids is 1. The molecular formula is C23H24ClN5O2. The molecular weight excluding hydrogens is 414 g/mol. The fourth-order valence-electron chi connectivity index (χ4n) is 3.97. The van der Waals surface area contributed by atoms with E-state index in [4.69, 9.17) is 11.6 Å².